The van der Waals surface area contributed by atoms with Crippen molar-refractivity contribution in [2.24, 2.45) is 5.92 Å². The van der Waals surface area contributed by atoms with Gasteiger partial charge in [-0.1, -0.05) is 33.6 Å². The second-order valence-corrected chi connectivity index (χ2v) is 6.16. The molecule has 0 aliphatic heterocycles. The number of carbonyl (C=O) groups is 1. The molecule has 2 heteroatoms. The van der Waals surface area contributed by atoms with Crippen LogP contribution < -0.4 is 0 Å². The van der Waals surface area contributed by atoms with Crippen LogP contribution in [0.4, 0.5) is 0 Å². The minimum Gasteiger partial charge on any atom is -0.298 e. The van der Waals surface area contributed by atoms with Crippen LogP contribution in [0.15, 0.2) is 0 Å². The third-order valence-corrected chi connectivity index (χ3v) is 5.30. The van der Waals surface area contributed by atoms with Gasteiger partial charge in [0, 0.05) is 6.42 Å². The van der Waals surface area contributed by atoms with Gasteiger partial charge in [-0.15, -0.1) is 11.8 Å². The molecule has 0 aromatic heterocycles. The van der Waals surface area contributed by atoms with E-state index < -0.39 is 0 Å². The standard InChI is InChI=1S/C13H24OS/c1-4-7-11-9-12(14)13(6-3,10-11)15-8-5-2/h11H,4-10H2,1-3H3/t11-,13+/m1/s1. The number of hydrogen-bond acceptors (Lipinski definition) is 2. The topological polar surface area (TPSA) is 17.1 Å². The van der Waals surface area contributed by atoms with E-state index in [-0.39, 0.29) is 4.75 Å². The van der Waals surface area contributed by atoms with Crippen molar-refractivity contribution in [1.82, 2.24) is 0 Å². The molecule has 0 spiro atoms. The Morgan fingerprint density at radius 2 is 2.07 bits per heavy atom. The van der Waals surface area contributed by atoms with E-state index in [9.17, 15) is 4.79 Å². The molecule has 15 heavy (non-hydrogen) atoms. The molecule has 0 bridgehead atoms. The molecule has 0 amide bonds. The molecule has 0 N–H and O–H groups in total. The molecule has 1 rings (SSSR count). The molecule has 1 aliphatic carbocycles. The Labute approximate surface area is 98.4 Å². The molecule has 0 radical (unpaired) electrons. The highest BCUT2D eigenvalue weighted by atomic mass is 32.2. The molecule has 1 nitrogen and oxygen atoms in total. The van der Waals surface area contributed by atoms with Crippen molar-refractivity contribution in [3.63, 3.8) is 0 Å². The van der Waals surface area contributed by atoms with Gasteiger partial charge in [-0.3, -0.25) is 4.79 Å². The summed E-state index contributed by atoms with van der Waals surface area (Å²) in [6.07, 6.45) is 6.64. The predicted molar refractivity (Wildman–Crippen MR) is 68.4 cm³/mol. The van der Waals surface area contributed by atoms with Crippen molar-refractivity contribution in [1.29, 1.82) is 0 Å². The summed E-state index contributed by atoms with van der Waals surface area (Å²) >= 11 is 1.92. The Bertz CT molecular complexity index is 215. The van der Waals surface area contributed by atoms with Crippen LogP contribution in [0.3, 0.4) is 0 Å². The first-order valence-corrected chi connectivity index (χ1v) is 7.34. The smallest absolute Gasteiger partial charge is 0.149 e. The highest BCUT2D eigenvalue weighted by Crippen LogP contribution is 2.45. The van der Waals surface area contributed by atoms with Crippen LogP contribution in [0.2, 0.25) is 0 Å². The monoisotopic (exact) mass is 228 g/mol. The normalized spacial score (nSPS) is 31.1. The summed E-state index contributed by atoms with van der Waals surface area (Å²) in [5.41, 5.74) is 0. The largest absolute Gasteiger partial charge is 0.298 e. The number of hydrogen-bond donors (Lipinski definition) is 0. The van der Waals surface area contributed by atoms with Crippen LogP contribution in [0.1, 0.15) is 59.3 Å². The summed E-state index contributed by atoms with van der Waals surface area (Å²) in [5.74, 6) is 2.34. The van der Waals surface area contributed by atoms with Crippen molar-refractivity contribution in [3.05, 3.63) is 0 Å². The van der Waals surface area contributed by atoms with Gasteiger partial charge < -0.3 is 0 Å². The second-order valence-electron chi connectivity index (χ2n) is 4.68. The lowest BCUT2D eigenvalue weighted by molar-refractivity contribution is -0.119. The van der Waals surface area contributed by atoms with Crippen LogP contribution in [0.25, 0.3) is 0 Å². The summed E-state index contributed by atoms with van der Waals surface area (Å²) in [4.78, 5) is 12.1. The predicted octanol–water partition coefficient (Wildman–Crippen LogP) is 4.06. The summed E-state index contributed by atoms with van der Waals surface area (Å²) in [7, 11) is 0. The van der Waals surface area contributed by atoms with Crippen molar-refractivity contribution < 1.29 is 4.79 Å². The van der Waals surface area contributed by atoms with Crippen molar-refractivity contribution >= 4 is 17.5 Å². The maximum atomic E-state index is 12.1. The minimum absolute atomic E-state index is 0.00412. The van der Waals surface area contributed by atoms with Crippen LogP contribution in [-0.4, -0.2) is 16.3 Å². The molecule has 1 aliphatic rings. The Balaban J connectivity index is 2.60. The molecule has 0 saturated heterocycles. The molecule has 1 saturated carbocycles. The molecular weight excluding hydrogens is 204 g/mol. The van der Waals surface area contributed by atoms with Crippen molar-refractivity contribution in [2.45, 2.75) is 64.0 Å². The van der Waals surface area contributed by atoms with Gasteiger partial charge in [-0.2, -0.15) is 0 Å². The number of carbonyl (C=O) groups excluding carboxylic acids is 1. The first kappa shape index (κ1) is 13.1. The Morgan fingerprint density at radius 3 is 2.60 bits per heavy atom. The van der Waals surface area contributed by atoms with E-state index in [2.05, 4.69) is 20.8 Å². The van der Waals surface area contributed by atoms with Gasteiger partial charge in [0.2, 0.25) is 0 Å². The van der Waals surface area contributed by atoms with Gasteiger partial charge in [0.05, 0.1) is 4.75 Å². The van der Waals surface area contributed by atoms with E-state index in [1.165, 1.54) is 19.3 Å². The zero-order chi connectivity index (χ0) is 11.3. The summed E-state index contributed by atoms with van der Waals surface area (Å²) in [6, 6.07) is 0. The summed E-state index contributed by atoms with van der Waals surface area (Å²) < 4.78 is -0.00412. The maximum absolute atomic E-state index is 12.1. The fourth-order valence-corrected chi connectivity index (χ4v) is 3.99. The average molecular weight is 228 g/mol. The van der Waals surface area contributed by atoms with Gasteiger partial charge in [0.1, 0.15) is 5.78 Å². The molecule has 0 heterocycles. The fourth-order valence-electron chi connectivity index (χ4n) is 2.59. The zero-order valence-corrected chi connectivity index (χ0v) is 11.2. The molecule has 0 aromatic rings. The molecular formula is C13H24OS. The first-order valence-electron chi connectivity index (χ1n) is 6.35. The lowest BCUT2D eigenvalue weighted by atomic mass is 9.98. The Kier molecular flexibility index (Phi) is 5.17. The average Bonchev–Trinajstić information content (AvgIpc) is 2.53. The van der Waals surface area contributed by atoms with E-state index >= 15 is 0 Å². The Morgan fingerprint density at radius 1 is 1.33 bits per heavy atom. The SMILES string of the molecule is CCCS[C@@]1(CC)C[C@H](CCC)CC1=O. The lowest BCUT2D eigenvalue weighted by Crippen LogP contribution is -2.29. The van der Waals surface area contributed by atoms with E-state index in [0.717, 1.165) is 25.0 Å². The molecule has 0 unspecified atom stereocenters. The number of Topliss-reactive ketones (excluding diaryl/α,β-unsaturated/α-hetero) is 1. The van der Waals surface area contributed by atoms with E-state index in [1.807, 2.05) is 11.8 Å². The molecule has 2 atom stereocenters. The highest BCUT2D eigenvalue weighted by molar-refractivity contribution is 8.01. The van der Waals surface area contributed by atoms with Crippen molar-refractivity contribution in [2.75, 3.05) is 5.75 Å². The van der Waals surface area contributed by atoms with E-state index in [1.54, 1.807) is 0 Å². The third kappa shape index (κ3) is 2.99. The van der Waals surface area contributed by atoms with Crippen LogP contribution in [-0.2, 0) is 4.79 Å². The third-order valence-electron chi connectivity index (χ3n) is 3.45. The molecule has 88 valence electrons. The van der Waals surface area contributed by atoms with E-state index in [0.29, 0.717) is 11.7 Å². The van der Waals surface area contributed by atoms with E-state index in [4.69, 9.17) is 0 Å². The quantitative estimate of drug-likeness (QED) is 0.682. The van der Waals surface area contributed by atoms with Gasteiger partial charge >= 0.3 is 0 Å². The summed E-state index contributed by atoms with van der Waals surface area (Å²) in [6.45, 7) is 6.59. The summed E-state index contributed by atoms with van der Waals surface area (Å²) in [5, 5.41) is 0. The number of thioether (sulfide) groups is 1. The fraction of sp³-hybridized carbons (Fsp3) is 0.923. The zero-order valence-electron chi connectivity index (χ0n) is 10.3. The van der Waals surface area contributed by atoms with Gasteiger partial charge in [0.15, 0.2) is 0 Å². The lowest BCUT2D eigenvalue weighted by Gasteiger charge is -2.25. The first-order chi connectivity index (χ1) is 7.18. The van der Waals surface area contributed by atoms with Gasteiger partial charge in [-0.05, 0) is 30.9 Å². The van der Waals surface area contributed by atoms with Gasteiger partial charge in [-0.25, -0.2) is 0 Å². The Hall–Kier alpha value is 0.0200. The second kappa shape index (κ2) is 5.93. The van der Waals surface area contributed by atoms with Crippen LogP contribution in [0.5, 0.6) is 0 Å². The van der Waals surface area contributed by atoms with Crippen molar-refractivity contribution in [3.8, 4) is 0 Å². The highest BCUT2D eigenvalue weighted by Gasteiger charge is 2.44. The molecule has 1 fully saturated rings. The van der Waals surface area contributed by atoms with Crippen LogP contribution in [0, 0.1) is 5.92 Å². The molecule has 0 aromatic carbocycles. The van der Waals surface area contributed by atoms with Crippen LogP contribution >= 0.6 is 11.8 Å². The maximum Gasteiger partial charge on any atom is 0.149 e. The number of rotatable bonds is 6. The van der Waals surface area contributed by atoms with Gasteiger partial charge in [0.25, 0.3) is 0 Å². The number of ketones is 1. The minimum atomic E-state index is -0.00412.